The molecule has 1 fully saturated rings. The van der Waals surface area contributed by atoms with Crippen LogP contribution in [-0.4, -0.2) is 47.1 Å². The van der Waals surface area contributed by atoms with Crippen molar-refractivity contribution in [3.05, 3.63) is 71.0 Å². The highest BCUT2D eigenvalue weighted by Crippen LogP contribution is 2.46. The van der Waals surface area contributed by atoms with E-state index >= 15 is 0 Å². The fourth-order valence-electron chi connectivity index (χ4n) is 4.73. The van der Waals surface area contributed by atoms with Crippen LogP contribution in [0.15, 0.2) is 48.5 Å². The number of hydrogen-bond acceptors (Lipinski definition) is 3. The van der Waals surface area contributed by atoms with Crippen LogP contribution in [0.5, 0.6) is 0 Å². The van der Waals surface area contributed by atoms with Crippen molar-refractivity contribution < 1.29 is 19.1 Å². The van der Waals surface area contributed by atoms with Gasteiger partial charge in [0, 0.05) is 12.1 Å². The summed E-state index contributed by atoms with van der Waals surface area (Å²) in [5.41, 5.74) is 1.25. The molecule has 0 bridgehead atoms. The number of amides is 1. The first-order valence-corrected chi connectivity index (χ1v) is 9.62. The number of benzene rings is 2. The first-order chi connectivity index (χ1) is 13.5. The maximum Gasteiger partial charge on any atom is 0.313 e. The molecule has 146 valence electrons. The highest BCUT2D eigenvalue weighted by molar-refractivity contribution is 6.01. The Labute approximate surface area is 163 Å². The predicted octanol–water partition coefficient (Wildman–Crippen LogP) is 2.81. The van der Waals surface area contributed by atoms with E-state index in [1.807, 2.05) is 0 Å². The zero-order valence-electron chi connectivity index (χ0n) is 15.5. The van der Waals surface area contributed by atoms with Crippen molar-refractivity contribution in [2.75, 3.05) is 19.6 Å². The van der Waals surface area contributed by atoms with Crippen molar-refractivity contribution in [2.45, 2.75) is 30.7 Å². The van der Waals surface area contributed by atoms with E-state index in [1.165, 1.54) is 12.1 Å². The van der Waals surface area contributed by atoms with Gasteiger partial charge < -0.3 is 15.3 Å². The van der Waals surface area contributed by atoms with E-state index in [4.69, 9.17) is 0 Å². The topological polar surface area (TPSA) is 69.6 Å². The van der Waals surface area contributed by atoms with E-state index < -0.39 is 17.4 Å². The second kappa shape index (κ2) is 7.36. The Morgan fingerprint density at radius 3 is 2.50 bits per heavy atom. The van der Waals surface area contributed by atoms with Crippen molar-refractivity contribution in [1.82, 2.24) is 10.2 Å². The summed E-state index contributed by atoms with van der Waals surface area (Å²) in [6.45, 7) is 1.75. The SMILES string of the molecule is O=C(O)C1c2ccccc2C(=O)N(CCc2ccc(F)cc2)C12CCNCC2. The van der Waals surface area contributed by atoms with Crippen LogP contribution in [0.4, 0.5) is 4.39 Å². The number of halogens is 1. The van der Waals surface area contributed by atoms with Gasteiger partial charge in [0.25, 0.3) is 5.91 Å². The number of carboxylic acid groups (broad SMARTS) is 1. The van der Waals surface area contributed by atoms with Crippen molar-refractivity contribution >= 4 is 11.9 Å². The normalized spacial score (nSPS) is 20.8. The molecule has 2 heterocycles. The molecule has 5 nitrogen and oxygen atoms in total. The van der Waals surface area contributed by atoms with Gasteiger partial charge in [0.2, 0.25) is 0 Å². The first-order valence-electron chi connectivity index (χ1n) is 9.62. The molecule has 1 saturated heterocycles. The lowest BCUT2D eigenvalue weighted by Gasteiger charge is -2.53. The molecule has 1 spiro atoms. The zero-order chi connectivity index (χ0) is 19.7. The quantitative estimate of drug-likeness (QED) is 0.853. The molecule has 4 rings (SSSR count). The Hall–Kier alpha value is -2.73. The Kier molecular flexibility index (Phi) is 4.89. The fourth-order valence-corrected chi connectivity index (χ4v) is 4.73. The summed E-state index contributed by atoms with van der Waals surface area (Å²) in [5, 5.41) is 13.4. The number of carbonyl (C=O) groups is 2. The lowest BCUT2D eigenvalue weighted by Crippen LogP contribution is -2.64. The van der Waals surface area contributed by atoms with Crippen LogP contribution in [0, 0.1) is 5.82 Å². The Morgan fingerprint density at radius 1 is 1.14 bits per heavy atom. The van der Waals surface area contributed by atoms with Gasteiger partial charge in [-0.3, -0.25) is 9.59 Å². The largest absolute Gasteiger partial charge is 0.481 e. The summed E-state index contributed by atoms with van der Waals surface area (Å²) < 4.78 is 13.2. The third-order valence-electron chi connectivity index (χ3n) is 6.08. The molecule has 0 aliphatic carbocycles. The van der Waals surface area contributed by atoms with Gasteiger partial charge in [0.1, 0.15) is 11.7 Å². The number of nitrogens with one attached hydrogen (secondary N) is 1. The Bertz CT molecular complexity index is 891. The summed E-state index contributed by atoms with van der Waals surface area (Å²) in [7, 11) is 0. The fraction of sp³-hybridized carbons (Fsp3) is 0.364. The van der Waals surface area contributed by atoms with Crippen LogP contribution in [0.1, 0.15) is 40.2 Å². The molecule has 0 aromatic heterocycles. The number of rotatable bonds is 4. The first kappa shape index (κ1) is 18.6. The van der Waals surface area contributed by atoms with Gasteiger partial charge in [-0.15, -0.1) is 0 Å². The lowest BCUT2D eigenvalue weighted by molar-refractivity contribution is -0.143. The minimum atomic E-state index is -0.895. The number of hydrogen-bond donors (Lipinski definition) is 2. The van der Waals surface area contributed by atoms with Gasteiger partial charge in [0.05, 0.1) is 5.54 Å². The maximum absolute atomic E-state index is 13.4. The van der Waals surface area contributed by atoms with Crippen molar-refractivity contribution in [3.63, 3.8) is 0 Å². The van der Waals surface area contributed by atoms with Gasteiger partial charge in [-0.2, -0.15) is 0 Å². The molecule has 1 amide bonds. The molecular formula is C22H23FN2O3. The number of fused-ring (bicyclic) bond motifs is 1. The molecular weight excluding hydrogens is 359 g/mol. The summed E-state index contributed by atoms with van der Waals surface area (Å²) in [4.78, 5) is 27.5. The average molecular weight is 382 g/mol. The van der Waals surface area contributed by atoms with Crippen LogP contribution < -0.4 is 5.32 Å². The average Bonchev–Trinajstić information content (AvgIpc) is 2.70. The predicted molar refractivity (Wildman–Crippen MR) is 103 cm³/mol. The van der Waals surface area contributed by atoms with E-state index in [1.54, 1.807) is 41.3 Å². The summed E-state index contributed by atoms with van der Waals surface area (Å²) >= 11 is 0. The molecule has 1 atom stereocenters. The number of nitrogens with zero attached hydrogens (tertiary/aromatic N) is 1. The van der Waals surface area contributed by atoms with Crippen LogP contribution >= 0.6 is 0 Å². The number of piperidine rings is 1. The highest BCUT2D eigenvalue weighted by atomic mass is 19.1. The van der Waals surface area contributed by atoms with E-state index in [9.17, 15) is 19.1 Å². The molecule has 28 heavy (non-hydrogen) atoms. The Morgan fingerprint density at radius 2 is 1.82 bits per heavy atom. The summed E-state index contributed by atoms with van der Waals surface area (Å²) in [5.74, 6) is -2.06. The minimum Gasteiger partial charge on any atom is -0.481 e. The third-order valence-corrected chi connectivity index (χ3v) is 6.08. The van der Waals surface area contributed by atoms with Crippen molar-refractivity contribution in [1.29, 1.82) is 0 Å². The van der Waals surface area contributed by atoms with Crippen LogP contribution in [0.3, 0.4) is 0 Å². The van der Waals surface area contributed by atoms with Crippen LogP contribution in [-0.2, 0) is 11.2 Å². The maximum atomic E-state index is 13.4. The molecule has 0 saturated carbocycles. The van der Waals surface area contributed by atoms with E-state index in [2.05, 4.69) is 5.32 Å². The molecule has 2 aliphatic heterocycles. The summed E-state index contributed by atoms with van der Waals surface area (Å²) in [6, 6.07) is 13.3. The Balaban J connectivity index is 1.74. The second-order valence-corrected chi connectivity index (χ2v) is 7.55. The van der Waals surface area contributed by atoms with E-state index in [-0.39, 0.29) is 11.7 Å². The van der Waals surface area contributed by atoms with Crippen LogP contribution in [0.25, 0.3) is 0 Å². The lowest BCUT2D eigenvalue weighted by atomic mass is 9.68. The van der Waals surface area contributed by atoms with Gasteiger partial charge in [-0.25, -0.2) is 4.39 Å². The molecule has 2 aromatic carbocycles. The molecule has 6 heteroatoms. The van der Waals surface area contributed by atoms with E-state index in [0.717, 1.165) is 5.56 Å². The minimum absolute atomic E-state index is 0.114. The third kappa shape index (κ3) is 3.07. The molecule has 2 aliphatic rings. The molecule has 2 aromatic rings. The molecule has 0 radical (unpaired) electrons. The second-order valence-electron chi connectivity index (χ2n) is 7.55. The highest BCUT2D eigenvalue weighted by Gasteiger charge is 2.54. The molecule has 1 unspecified atom stereocenters. The standard InChI is InChI=1S/C22H23FN2O3/c23-16-7-5-15(6-8-16)9-14-25-20(26)18-4-2-1-3-17(18)19(21(27)28)22(25)10-12-24-13-11-22/h1-8,19,24H,9-14H2,(H,27,28). The summed E-state index contributed by atoms with van der Waals surface area (Å²) in [6.07, 6.45) is 1.73. The van der Waals surface area contributed by atoms with Gasteiger partial charge >= 0.3 is 5.97 Å². The van der Waals surface area contributed by atoms with E-state index in [0.29, 0.717) is 50.0 Å². The number of carboxylic acids is 1. The van der Waals surface area contributed by atoms with Gasteiger partial charge in [-0.1, -0.05) is 30.3 Å². The molecule has 2 N–H and O–H groups in total. The number of carbonyl (C=O) groups excluding carboxylic acids is 1. The van der Waals surface area contributed by atoms with Crippen LogP contribution in [0.2, 0.25) is 0 Å². The van der Waals surface area contributed by atoms with Crippen molar-refractivity contribution in [3.8, 4) is 0 Å². The monoisotopic (exact) mass is 382 g/mol. The smallest absolute Gasteiger partial charge is 0.313 e. The van der Waals surface area contributed by atoms with Gasteiger partial charge in [-0.05, 0) is 61.7 Å². The van der Waals surface area contributed by atoms with Crippen molar-refractivity contribution in [2.24, 2.45) is 0 Å². The number of aliphatic carboxylic acids is 1. The van der Waals surface area contributed by atoms with Gasteiger partial charge in [0.15, 0.2) is 0 Å². The zero-order valence-corrected chi connectivity index (χ0v) is 15.5.